The Kier molecular flexibility index (Phi) is 4.47. The molecule has 5 heteroatoms. The molecule has 0 aliphatic heterocycles. The molecule has 1 unspecified atom stereocenters. The van der Waals surface area contributed by atoms with E-state index < -0.39 is 0 Å². The summed E-state index contributed by atoms with van der Waals surface area (Å²) in [6.45, 7) is 7.43. The first-order chi connectivity index (χ1) is 9.15. The molecule has 0 aliphatic carbocycles. The third kappa shape index (κ3) is 3.10. The van der Waals surface area contributed by atoms with Crippen LogP contribution >= 0.6 is 11.8 Å². The predicted molar refractivity (Wildman–Crippen MR) is 79.3 cm³/mol. The molecule has 1 aromatic carbocycles. The Bertz CT molecular complexity index is 530. The number of benzene rings is 1. The minimum absolute atomic E-state index is 0.125. The van der Waals surface area contributed by atoms with Crippen molar-refractivity contribution in [1.29, 1.82) is 0 Å². The molecule has 102 valence electrons. The Balaban J connectivity index is 2.09. The Hall–Kier alpha value is -1.49. The van der Waals surface area contributed by atoms with Crippen molar-refractivity contribution in [2.75, 3.05) is 13.1 Å². The maximum atomic E-state index is 12.2. The smallest absolute Gasteiger partial charge is 0.235 e. The number of hydrogen-bond acceptors (Lipinski definition) is 3. The zero-order valence-electron chi connectivity index (χ0n) is 11.5. The highest BCUT2D eigenvalue weighted by atomic mass is 32.2. The summed E-state index contributed by atoms with van der Waals surface area (Å²) in [7, 11) is 0. The number of carbonyl (C=O) groups is 1. The maximum Gasteiger partial charge on any atom is 0.235 e. The van der Waals surface area contributed by atoms with Crippen molar-refractivity contribution < 1.29 is 4.79 Å². The summed E-state index contributed by atoms with van der Waals surface area (Å²) >= 11 is 1.48. The van der Waals surface area contributed by atoms with Crippen LogP contribution in [0.5, 0.6) is 0 Å². The van der Waals surface area contributed by atoms with Crippen LogP contribution in [0.4, 0.5) is 0 Å². The Morgan fingerprint density at radius 2 is 2.05 bits per heavy atom. The molecule has 1 N–H and O–H groups in total. The number of aromatic amines is 1. The van der Waals surface area contributed by atoms with Gasteiger partial charge in [-0.1, -0.05) is 23.9 Å². The van der Waals surface area contributed by atoms with Gasteiger partial charge in [0.1, 0.15) is 0 Å². The van der Waals surface area contributed by atoms with E-state index in [0.717, 1.165) is 29.3 Å². The van der Waals surface area contributed by atoms with Crippen molar-refractivity contribution >= 4 is 28.7 Å². The molecule has 4 nitrogen and oxygen atoms in total. The SMILES string of the molecule is CCN(CC)C(=O)C(C)Sc1nc2ccccc2[nH]1. The van der Waals surface area contributed by atoms with Crippen molar-refractivity contribution in [2.24, 2.45) is 0 Å². The molecule has 0 fully saturated rings. The third-order valence-electron chi connectivity index (χ3n) is 3.08. The molecule has 0 bridgehead atoms. The average molecular weight is 277 g/mol. The van der Waals surface area contributed by atoms with E-state index in [0.29, 0.717) is 0 Å². The van der Waals surface area contributed by atoms with Crippen molar-refractivity contribution in [3.05, 3.63) is 24.3 Å². The van der Waals surface area contributed by atoms with E-state index >= 15 is 0 Å². The first-order valence-electron chi connectivity index (χ1n) is 6.55. The van der Waals surface area contributed by atoms with E-state index in [1.54, 1.807) is 0 Å². The van der Waals surface area contributed by atoms with Gasteiger partial charge in [0.15, 0.2) is 5.16 Å². The van der Waals surface area contributed by atoms with Crippen molar-refractivity contribution in [1.82, 2.24) is 14.9 Å². The molecule has 0 spiro atoms. The largest absolute Gasteiger partial charge is 0.342 e. The van der Waals surface area contributed by atoms with Crippen LogP contribution in [0.2, 0.25) is 0 Å². The number of carbonyl (C=O) groups excluding carboxylic acids is 1. The van der Waals surface area contributed by atoms with Crippen LogP contribution < -0.4 is 0 Å². The summed E-state index contributed by atoms with van der Waals surface area (Å²) in [6.07, 6.45) is 0. The highest BCUT2D eigenvalue weighted by Crippen LogP contribution is 2.24. The summed E-state index contributed by atoms with van der Waals surface area (Å²) in [4.78, 5) is 21.8. The Morgan fingerprint density at radius 1 is 1.37 bits per heavy atom. The number of fused-ring (bicyclic) bond motifs is 1. The number of para-hydroxylation sites is 2. The first kappa shape index (κ1) is 13.9. The van der Waals surface area contributed by atoms with Gasteiger partial charge in [0, 0.05) is 13.1 Å². The molecule has 0 saturated carbocycles. The fraction of sp³-hybridized carbons (Fsp3) is 0.429. The molecule has 1 aromatic heterocycles. The zero-order valence-corrected chi connectivity index (χ0v) is 12.3. The zero-order chi connectivity index (χ0) is 13.8. The quantitative estimate of drug-likeness (QED) is 0.855. The standard InChI is InChI=1S/C14H19N3OS/c1-4-17(5-2)13(18)10(3)19-14-15-11-8-6-7-9-12(11)16-14/h6-10H,4-5H2,1-3H3,(H,15,16). The van der Waals surface area contributed by atoms with Gasteiger partial charge in [-0.2, -0.15) is 0 Å². The lowest BCUT2D eigenvalue weighted by Crippen LogP contribution is -2.36. The number of thioether (sulfide) groups is 1. The van der Waals surface area contributed by atoms with Crippen LogP contribution in [-0.4, -0.2) is 39.1 Å². The minimum atomic E-state index is -0.125. The van der Waals surface area contributed by atoms with Crippen molar-refractivity contribution in [3.63, 3.8) is 0 Å². The van der Waals surface area contributed by atoms with E-state index in [1.807, 2.05) is 49.9 Å². The number of nitrogens with one attached hydrogen (secondary N) is 1. The lowest BCUT2D eigenvalue weighted by molar-refractivity contribution is -0.129. The Morgan fingerprint density at radius 3 is 2.68 bits per heavy atom. The predicted octanol–water partition coefficient (Wildman–Crippen LogP) is 2.91. The second-order valence-corrected chi connectivity index (χ2v) is 5.66. The van der Waals surface area contributed by atoms with Crippen LogP contribution in [0.1, 0.15) is 20.8 Å². The van der Waals surface area contributed by atoms with Gasteiger partial charge in [-0.3, -0.25) is 4.79 Å². The fourth-order valence-electron chi connectivity index (χ4n) is 2.00. The van der Waals surface area contributed by atoms with Crippen molar-refractivity contribution in [2.45, 2.75) is 31.2 Å². The second-order valence-electron chi connectivity index (χ2n) is 4.33. The van der Waals surface area contributed by atoms with Crippen LogP contribution in [-0.2, 0) is 4.79 Å². The Labute approximate surface area is 117 Å². The van der Waals surface area contributed by atoms with Gasteiger partial charge in [-0.05, 0) is 32.9 Å². The highest BCUT2D eigenvalue weighted by molar-refractivity contribution is 8.00. The summed E-state index contributed by atoms with van der Waals surface area (Å²) < 4.78 is 0. The van der Waals surface area contributed by atoms with Gasteiger partial charge in [0.2, 0.25) is 5.91 Å². The number of rotatable bonds is 5. The fourth-order valence-corrected chi connectivity index (χ4v) is 2.90. The summed E-state index contributed by atoms with van der Waals surface area (Å²) in [6, 6.07) is 7.89. The van der Waals surface area contributed by atoms with Crippen molar-refractivity contribution in [3.8, 4) is 0 Å². The maximum absolute atomic E-state index is 12.2. The van der Waals surface area contributed by atoms with Crippen LogP contribution in [0, 0.1) is 0 Å². The lowest BCUT2D eigenvalue weighted by atomic mass is 10.3. The number of imidazole rings is 1. The van der Waals surface area contributed by atoms with Gasteiger partial charge in [-0.15, -0.1) is 0 Å². The number of nitrogens with zero attached hydrogens (tertiary/aromatic N) is 2. The van der Waals surface area contributed by atoms with Crippen LogP contribution in [0.15, 0.2) is 29.4 Å². The van der Waals surface area contributed by atoms with Crippen LogP contribution in [0.25, 0.3) is 11.0 Å². The molecular formula is C14H19N3OS. The monoisotopic (exact) mass is 277 g/mol. The normalized spacial score (nSPS) is 12.6. The van der Waals surface area contributed by atoms with Gasteiger partial charge >= 0.3 is 0 Å². The van der Waals surface area contributed by atoms with E-state index in [9.17, 15) is 4.79 Å². The highest BCUT2D eigenvalue weighted by Gasteiger charge is 2.20. The number of hydrogen-bond donors (Lipinski definition) is 1. The lowest BCUT2D eigenvalue weighted by Gasteiger charge is -2.21. The van der Waals surface area contributed by atoms with Gasteiger partial charge in [-0.25, -0.2) is 4.98 Å². The summed E-state index contributed by atoms with van der Waals surface area (Å²) in [5.41, 5.74) is 1.94. The average Bonchev–Trinajstić information content (AvgIpc) is 2.82. The first-order valence-corrected chi connectivity index (χ1v) is 7.43. The van der Waals surface area contributed by atoms with E-state index in [1.165, 1.54) is 11.8 Å². The summed E-state index contributed by atoms with van der Waals surface area (Å²) in [5.74, 6) is 0.162. The van der Waals surface area contributed by atoms with Gasteiger partial charge in [0.25, 0.3) is 0 Å². The third-order valence-corrected chi connectivity index (χ3v) is 4.05. The molecule has 0 radical (unpaired) electrons. The molecule has 2 rings (SSSR count). The van der Waals surface area contributed by atoms with E-state index in [2.05, 4.69) is 9.97 Å². The van der Waals surface area contributed by atoms with Gasteiger partial charge in [0.05, 0.1) is 16.3 Å². The molecule has 0 aliphatic rings. The second kappa shape index (κ2) is 6.10. The van der Waals surface area contributed by atoms with Crippen LogP contribution in [0.3, 0.4) is 0 Å². The van der Waals surface area contributed by atoms with Gasteiger partial charge < -0.3 is 9.88 Å². The summed E-state index contributed by atoms with van der Waals surface area (Å²) in [5, 5.41) is 0.676. The minimum Gasteiger partial charge on any atom is -0.342 e. The molecule has 0 saturated heterocycles. The number of H-pyrrole nitrogens is 1. The molecule has 1 amide bonds. The number of aromatic nitrogens is 2. The number of amides is 1. The molecular weight excluding hydrogens is 258 g/mol. The topological polar surface area (TPSA) is 49.0 Å². The van der Waals surface area contributed by atoms with E-state index in [-0.39, 0.29) is 11.2 Å². The molecule has 2 aromatic rings. The molecule has 1 heterocycles. The molecule has 19 heavy (non-hydrogen) atoms. The molecule has 1 atom stereocenters. The van der Waals surface area contributed by atoms with E-state index in [4.69, 9.17) is 0 Å².